The van der Waals surface area contributed by atoms with Crippen LogP contribution in [0.2, 0.25) is 0 Å². The Labute approximate surface area is 131 Å². The van der Waals surface area contributed by atoms with E-state index in [1.807, 2.05) is 0 Å². The first-order valence-corrected chi connectivity index (χ1v) is 8.62. The second-order valence-corrected chi connectivity index (χ2v) is 6.24. The number of nitrogens with zero attached hydrogens (tertiary/aromatic N) is 2. The van der Waals surface area contributed by atoms with Gasteiger partial charge in [0.1, 0.15) is 5.41 Å². The molecule has 0 aromatic rings. The van der Waals surface area contributed by atoms with Gasteiger partial charge >= 0.3 is 0 Å². The van der Waals surface area contributed by atoms with E-state index in [1.54, 1.807) is 6.92 Å². The van der Waals surface area contributed by atoms with Crippen molar-refractivity contribution in [2.24, 2.45) is 5.41 Å². The van der Waals surface area contributed by atoms with E-state index in [0.29, 0.717) is 6.42 Å². The second kappa shape index (κ2) is 12.5. The first kappa shape index (κ1) is 19.7. The van der Waals surface area contributed by atoms with Crippen LogP contribution in [-0.4, -0.2) is 0 Å². The molecular formula is C19H32N2. The van der Waals surface area contributed by atoms with Crippen molar-refractivity contribution < 1.29 is 0 Å². The van der Waals surface area contributed by atoms with E-state index in [0.717, 1.165) is 12.8 Å². The quantitative estimate of drug-likeness (QED) is 0.312. The molecular weight excluding hydrogens is 256 g/mol. The smallest absolute Gasteiger partial charge is 0.144 e. The highest BCUT2D eigenvalue weighted by molar-refractivity contribution is 5.16. The number of hydrogen-bond acceptors (Lipinski definition) is 2. The minimum absolute atomic E-state index is 0.566. The van der Waals surface area contributed by atoms with Gasteiger partial charge in [-0.3, -0.25) is 0 Å². The molecule has 0 rings (SSSR count). The Balaban J connectivity index is 4.41. The van der Waals surface area contributed by atoms with Crippen molar-refractivity contribution in [3.8, 4) is 12.1 Å². The number of allylic oxidation sites excluding steroid dienone is 2. The van der Waals surface area contributed by atoms with Crippen molar-refractivity contribution >= 4 is 0 Å². The molecule has 0 saturated heterocycles. The molecule has 0 atom stereocenters. The maximum Gasteiger partial charge on any atom is 0.144 e. The number of hydrogen-bond donors (Lipinski definition) is 0. The number of nitriles is 2. The maximum absolute atomic E-state index is 9.09. The average Bonchev–Trinajstić information content (AvgIpc) is 2.52. The molecule has 0 fully saturated rings. The standard InChI is InChI=1S/C19H32N2/c1-4-6-8-10-12-18(13-11-9-7-5-2)14-15-19(3,16-20)17-21/h14H,4-13,15H2,1-3H3. The van der Waals surface area contributed by atoms with Crippen LogP contribution >= 0.6 is 0 Å². The Morgan fingerprint density at radius 2 is 1.33 bits per heavy atom. The molecule has 21 heavy (non-hydrogen) atoms. The summed E-state index contributed by atoms with van der Waals surface area (Å²) < 4.78 is 0. The lowest BCUT2D eigenvalue weighted by molar-refractivity contribution is 0.580. The van der Waals surface area contributed by atoms with E-state index in [1.165, 1.54) is 56.9 Å². The molecule has 0 N–H and O–H groups in total. The monoisotopic (exact) mass is 288 g/mol. The van der Waals surface area contributed by atoms with E-state index in [-0.39, 0.29) is 0 Å². The predicted molar refractivity (Wildman–Crippen MR) is 89.6 cm³/mol. The maximum atomic E-state index is 9.09. The summed E-state index contributed by atoms with van der Waals surface area (Å²) in [6.07, 6.45) is 15.2. The zero-order chi connectivity index (χ0) is 16.0. The highest BCUT2D eigenvalue weighted by atomic mass is 14.4. The average molecular weight is 288 g/mol. The molecule has 118 valence electrons. The van der Waals surface area contributed by atoms with E-state index in [2.05, 4.69) is 32.1 Å². The minimum atomic E-state index is -0.863. The fraction of sp³-hybridized carbons (Fsp3) is 0.789. The topological polar surface area (TPSA) is 47.6 Å². The lowest BCUT2D eigenvalue weighted by atomic mass is 9.88. The van der Waals surface area contributed by atoms with Crippen LogP contribution in [0.15, 0.2) is 11.6 Å². The van der Waals surface area contributed by atoms with Crippen LogP contribution in [0.4, 0.5) is 0 Å². The van der Waals surface area contributed by atoms with Crippen LogP contribution in [0, 0.1) is 28.1 Å². The molecule has 0 aromatic carbocycles. The van der Waals surface area contributed by atoms with Gasteiger partial charge in [-0.2, -0.15) is 10.5 Å². The zero-order valence-electron chi connectivity index (χ0n) is 14.2. The Morgan fingerprint density at radius 3 is 1.71 bits per heavy atom. The SMILES string of the molecule is CCCCCCC(=CCC(C)(C#N)C#N)CCCCCC. The molecule has 0 spiro atoms. The molecule has 0 unspecified atom stereocenters. The first-order chi connectivity index (χ1) is 10.1. The van der Waals surface area contributed by atoms with Crippen LogP contribution in [0.5, 0.6) is 0 Å². The molecule has 0 aliphatic carbocycles. The van der Waals surface area contributed by atoms with E-state index >= 15 is 0 Å². The molecule has 0 bridgehead atoms. The van der Waals surface area contributed by atoms with Gasteiger partial charge in [0, 0.05) is 0 Å². The Hall–Kier alpha value is -1.28. The summed E-state index contributed by atoms with van der Waals surface area (Å²) in [5, 5.41) is 18.2. The summed E-state index contributed by atoms with van der Waals surface area (Å²) in [6, 6.07) is 4.26. The zero-order valence-corrected chi connectivity index (χ0v) is 14.2. The Kier molecular flexibility index (Phi) is 11.7. The van der Waals surface area contributed by atoms with Gasteiger partial charge in [-0.15, -0.1) is 0 Å². The van der Waals surface area contributed by atoms with Gasteiger partial charge in [-0.1, -0.05) is 64.0 Å². The fourth-order valence-electron chi connectivity index (χ4n) is 2.35. The van der Waals surface area contributed by atoms with Gasteiger partial charge in [0.15, 0.2) is 0 Å². The Morgan fingerprint density at radius 1 is 0.857 bits per heavy atom. The molecule has 0 radical (unpaired) electrons. The molecule has 2 nitrogen and oxygen atoms in total. The van der Waals surface area contributed by atoms with Crippen molar-refractivity contribution in [2.45, 2.75) is 91.4 Å². The third-order valence-electron chi connectivity index (χ3n) is 4.00. The normalized spacial score (nSPS) is 10.7. The summed E-state index contributed by atoms with van der Waals surface area (Å²) >= 11 is 0. The lowest BCUT2D eigenvalue weighted by Gasteiger charge is -2.12. The van der Waals surface area contributed by atoms with Crippen molar-refractivity contribution in [2.75, 3.05) is 0 Å². The molecule has 0 aliphatic heterocycles. The molecule has 0 amide bonds. The van der Waals surface area contributed by atoms with E-state index in [4.69, 9.17) is 10.5 Å². The van der Waals surface area contributed by atoms with E-state index < -0.39 is 5.41 Å². The van der Waals surface area contributed by atoms with Gasteiger partial charge in [0.05, 0.1) is 12.1 Å². The molecule has 2 heteroatoms. The third-order valence-corrected chi connectivity index (χ3v) is 4.00. The van der Waals surface area contributed by atoms with Crippen LogP contribution in [-0.2, 0) is 0 Å². The third kappa shape index (κ3) is 10.1. The van der Waals surface area contributed by atoms with Crippen molar-refractivity contribution in [1.29, 1.82) is 10.5 Å². The van der Waals surface area contributed by atoms with Gasteiger partial charge < -0.3 is 0 Å². The molecule has 0 saturated carbocycles. The molecule has 0 aromatic heterocycles. The number of rotatable bonds is 12. The highest BCUT2D eigenvalue weighted by Crippen LogP contribution is 2.24. The van der Waals surface area contributed by atoms with Crippen molar-refractivity contribution in [1.82, 2.24) is 0 Å². The van der Waals surface area contributed by atoms with Crippen molar-refractivity contribution in [3.05, 3.63) is 11.6 Å². The Bertz CT molecular complexity index is 340. The summed E-state index contributed by atoms with van der Waals surface area (Å²) in [5.41, 5.74) is 0.594. The first-order valence-electron chi connectivity index (χ1n) is 8.62. The summed E-state index contributed by atoms with van der Waals surface area (Å²) in [4.78, 5) is 0. The van der Waals surface area contributed by atoms with Crippen molar-refractivity contribution in [3.63, 3.8) is 0 Å². The van der Waals surface area contributed by atoms with Crippen LogP contribution < -0.4 is 0 Å². The van der Waals surface area contributed by atoms with Gasteiger partial charge in [0.2, 0.25) is 0 Å². The summed E-state index contributed by atoms with van der Waals surface area (Å²) in [7, 11) is 0. The van der Waals surface area contributed by atoms with E-state index in [9.17, 15) is 0 Å². The second-order valence-electron chi connectivity index (χ2n) is 6.24. The largest absolute Gasteiger partial charge is 0.197 e. The lowest BCUT2D eigenvalue weighted by Crippen LogP contribution is -2.09. The summed E-state index contributed by atoms with van der Waals surface area (Å²) in [6.45, 7) is 6.19. The number of unbranched alkanes of at least 4 members (excludes halogenated alkanes) is 6. The summed E-state index contributed by atoms with van der Waals surface area (Å²) in [5.74, 6) is 0. The van der Waals surface area contributed by atoms with Gasteiger partial charge in [0.25, 0.3) is 0 Å². The predicted octanol–water partition coefficient (Wildman–Crippen LogP) is 6.30. The molecule has 0 aliphatic rings. The highest BCUT2D eigenvalue weighted by Gasteiger charge is 2.21. The van der Waals surface area contributed by atoms with Crippen LogP contribution in [0.3, 0.4) is 0 Å². The van der Waals surface area contributed by atoms with Crippen LogP contribution in [0.25, 0.3) is 0 Å². The molecule has 0 heterocycles. The minimum Gasteiger partial charge on any atom is -0.197 e. The van der Waals surface area contributed by atoms with Crippen LogP contribution in [0.1, 0.15) is 91.4 Å². The van der Waals surface area contributed by atoms with Gasteiger partial charge in [-0.05, 0) is 39.0 Å². The fourth-order valence-corrected chi connectivity index (χ4v) is 2.35. The van der Waals surface area contributed by atoms with Gasteiger partial charge in [-0.25, -0.2) is 0 Å².